The summed E-state index contributed by atoms with van der Waals surface area (Å²) in [5.74, 6) is -1.46. The second-order valence-corrected chi connectivity index (χ2v) is 4.76. The fourth-order valence-corrected chi connectivity index (χ4v) is 2.19. The lowest BCUT2D eigenvalue weighted by Gasteiger charge is -2.29. The minimum atomic E-state index is -0.988. The standard InChI is InChI=1S/C12H20N2O4/c1-4-5-13-10(15)6-9(12(13)18)14(8(2)3)7-11(16)17/h8-9H,4-7H2,1-3H3,(H,16,17). The van der Waals surface area contributed by atoms with Gasteiger partial charge < -0.3 is 5.11 Å². The number of amides is 2. The Labute approximate surface area is 107 Å². The highest BCUT2D eigenvalue weighted by Crippen LogP contribution is 2.20. The van der Waals surface area contributed by atoms with Crippen molar-refractivity contribution < 1.29 is 19.5 Å². The molecule has 1 unspecified atom stereocenters. The van der Waals surface area contributed by atoms with E-state index in [0.717, 1.165) is 0 Å². The van der Waals surface area contributed by atoms with Crippen LogP contribution in [0.25, 0.3) is 0 Å². The zero-order valence-electron chi connectivity index (χ0n) is 11.0. The molecule has 1 fully saturated rings. The molecule has 0 aromatic heterocycles. The van der Waals surface area contributed by atoms with Gasteiger partial charge in [-0.05, 0) is 20.3 Å². The highest BCUT2D eigenvalue weighted by atomic mass is 16.4. The summed E-state index contributed by atoms with van der Waals surface area (Å²) in [6, 6.07) is -0.718. The van der Waals surface area contributed by atoms with Crippen LogP contribution >= 0.6 is 0 Å². The van der Waals surface area contributed by atoms with Crippen LogP contribution in [0.3, 0.4) is 0 Å². The zero-order chi connectivity index (χ0) is 13.9. The molecule has 6 heteroatoms. The molecule has 0 aliphatic carbocycles. The van der Waals surface area contributed by atoms with E-state index in [-0.39, 0.29) is 30.8 Å². The number of carbonyl (C=O) groups excluding carboxylic acids is 2. The van der Waals surface area contributed by atoms with E-state index in [0.29, 0.717) is 13.0 Å². The number of likely N-dealkylation sites (tertiary alicyclic amines) is 1. The largest absolute Gasteiger partial charge is 0.480 e. The zero-order valence-corrected chi connectivity index (χ0v) is 11.0. The second-order valence-electron chi connectivity index (χ2n) is 4.76. The molecule has 102 valence electrons. The van der Waals surface area contributed by atoms with Gasteiger partial charge in [-0.15, -0.1) is 0 Å². The fourth-order valence-electron chi connectivity index (χ4n) is 2.19. The third kappa shape index (κ3) is 3.07. The molecule has 1 saturated heterocycles. The van der Waals surface area contributed by atoms with Gasteiger partial charge in [-0.1, -0.05) is 6.92 Å². The predicted molar refractivity (Wildman–Crippen MR) is 64.9 cm³/mol. The molecular weight excluding hydrogens is 236 g/mol. The summed E-state index contributed by atoms with van der Waals surface area (Å²) in [5, 5.41) is 8.86. The van der Waals surface area contributed by atoms with Gasteiger partial charge >= 0.3 is 5.97 Å². The minimum absolute atomic E-state index is 0.0876. The van der Waals surface area contributed by atoms with Gasteiger partial charge in [-0.25, -0.2) is 0 Å². The maximum absolute atomic E-state index is 12.1. The monoisotopic (exact) mass is 256 g/mol. The molecule has 0 radical (unpaired) electrons. The van der Waals surface area contributed by atoms with Crippen molar-refractivity contribution in [3.63, 3.8) is 0 Å². The first-order chi connectivity index (χ1) is 8.38. The number of hydrogen-bond acceptors (Lipinski definition) is 4. The SMILES string of the molecule is CCCN1C(=O)CC(N(CC(=O)O)C(C)C)C1=O. The fraction of sp³-hybridized carbons (Fsp3) is 0.750. The topological polar surface area (TPSA) is 77.9 Å². The van der Waals surface area contributed by atoms with Crippen molar-refractivity contribution >= 4 is 17.8 Å². The number of carboxylic acids is 1. The lowest BCUT2D eigenvalue weighted by Crippen LogP contribution is -2.47. The normalized spacial score (nSPS) is 20.3. The van der Waals surface area contributed by atoms with E-state index >= 15 is 0 Å². The van der Waals surface area contributed by atoms with Crippen molar-refractivity contribution in [1.29, 1.82) is 0 Å². The molecule has 1 rings (SSSR count). The Kier molecular flexibility index (Phi) is 4.84. The van der Waals surface area contributed by atoms with Gasteiger partial charge in [-0.2, -0.15) is 0 Å². The van der Waals surface area contributed by atoms with Crippen LogP contribution in [0.15, 0.2) is 0 Å². The van der Waals surface area contributed by atoms with Gasteiger partial charge in [0, 0.05) is 12.6 Å². The van der Waals surface area contributed by atoms with Gasteiger partial charge in [0.15, 0.2) is 0 Å². The van der Waals surface area contributed by atoms with E-state index in [1.807, 2.05) is 20.8 Å². The van der Waals surface area contributed by atoms with E-state index < -0.39 is 12.0 Å². The molecule has 6 nitrogen and oxygen atoms in total. The van der Waals surface area contributed by atoms with Gasteiger partial charge in [0.25, 0.3) is 0 Å². The average molecular weight is 256 g/mol. The number of carboxylic acid groups (broad SMARTS) is 1. The molecule has 0 spiro atoms. The van der Waals surface area contributed by atoms with Gasteiger partial charge in [0.2, 0.25) is 11.8 Å². The molecule has 0 aromatic carbocycles. The summed E-state index contributed by atoms with van der Waals surface area (Å²) in [6.07, 6.45) is 0.801. The van der Waals surface area contributed by atoms with Gasteiger partial charge in [-0.3, -0.25) is 24.2 Å². The molecule has 0 aromatic rings. The molecule has 1 aliphatic rings. The molecule has 0 bridgehead atoms. The summed E-state index contributed by atoms with van der Waals surface area (Å²) in [5.41, 5.74) is 0. The van der Waals surface area contributed by atoms with Crippen molar-refractivity contribution in [2.24, 2.45) is 0 Å². The molecule has 1 aliphatic heterocycles. The summed E-state index contributed by atoms with van der Waals surface area (Å²) >= 11 is 0. The van der Waals surface area contributed by atoms with Crippen LogP contribution in [0.2, 0.25) is 0 Å². The third-order valence-corrected chi connectivity index (χ3v) is 3.05. The lowest BCUT2D eigenvalue weighted by atomic mass is 10.1. The smallest absolute Gasteiger partial charge is 0.317 e. The maximum atomic E-state index is 12.1. The van der Waals surface area contributed by atoms with E-state index in [9.17, 15) is 14.4 Å². The summed E-state index contributed by atoms with van der Waals surface area (Å²) in [4.78, 5) is 37.5. The lowest BCUT2D eigenvalue weighted by molar-refractivity contribution is -0.142. The summed E-state index contributed by atoms with van der Waals surface area (Å²) < 4.78 is 0. The van der Waals surface area contributed by atoms with Crippen LogP contribution in [0.5, 0.6) is 0 Å². The van der Waals surface area contributed by atoms with E-state index in [2.05, 4.69) is 0 Å². The third-order valence-electron chi connectivity index (χ3n) is 3.05. The molecular formula is C12H20N2O4. The van der Waals surface area contributed by atoms with Crippen molar-refractivity contribution in [2.75, 3.05) is 13.1 Å². The molecule has 0 saturated carbocycles. The number of aliphatic carboxylic acids is 1. The first-order valence-electron chi connectivity index (χ1n) is 6.20. The number of nitrogens with zero attached hydrogens (tertiary/aromatic N) is 2. The van der Waals surface area contributed by atoms with E-state index in [4.69, 9.17) is 5.11 Å². The highest BCUT2D eigenvalue weighted by Gasteiger charge is 2.42. The highest BCUT2D eigenvalue weighted by molar-refractivity contribution is 6.05. The number of rotatable bonds is 6. The van der Waals surface area contributed by atoms with E-state index in [1.54, 1.807) is 4.90 Å². The number of imide groups is 1. The molecule has 1 atom stereocenters. The Balaban J connectivity index is 2.84. The van der Waals surface area contributed by atoms with Crippen molar-refractivity contribution in [3.05, 3.63) is 0 Å². The summed E-state index contributed by atoms with van der Waals surface area (Å²) in [7, 11) is 0. The summed E-state index contributed by atoms with van der Waals surface area (Å²) in [6.45, 7) is 5.73. The van der Waals surface area contributed by atoms with Crippen LogP contribution in [0.4, 0.5) is 0 Å². The maximum Gasteiger partial charge on any atom is 0.317 e. The Hall–Kier alpha value is -1.43. The van der Waals surface area contributed by atoms with E-state index in [1.165, 1.54) is 4.90 Å². The predicted octanol–water partition coefficient (Wildman–Crippen LogP) is 0.319. The molecule has 2 amide bonds. The first-order valence-corrected chi connectivity index (χ1v) is 6.20. The quantitative estimate of drug-likeness (QED) is 0.692. The average Bonchev–Trinajstić information content (AvgIpc) is 2.53. The van der Waals surface area contributed by atoms with Gasteiger partial charge in [0.05, 0.1) is 19.0 Å². The van der Waals surface area contributed by atoms with Crippen molar-refractivity contribution in [1.82, 2.24) is 9.80 Å². The van der Waals surface area contributed by atoms with Crippen LogP contribution in [-0.2, 0) is 14.4 Å². The minimum Gasteiger partial charge on any atom is -0.480 e. The molecule has 1 N–H and O–H groups in total. The number of carbonyl (C=O) groups is 3. The molecule has 18 heavy (non-hydrogen) atoms. The molecule has 1 heterocycles. The number of hydrogen-bond donors (Lipinski definition) is 1. The van der Waals surface area contributed by atoms with Crippen LogP contribution in [0, 0.1) is 0 Å². The van der Waals surface area contributed by atoms with Gasteiger partial charge in [0.1, 0.15) is 0 Å². The second kappa shape index (κ2) is 5.95. The van der Waals surface area contributed by atoms with Crippen LogP contribution in [0.1, 0.15) is 33.6 Å². The van der Waals surface area contributed by atoms with Crippen LogP contribution in [-0.4, -0.2) is 57.9 Å². The Bertz CT molecular complexity index is 354. The first kappa shape index (κ1) is 14.6. The van der Waals surface area contributed by atoms with Crippen molar-refractivity contribution in [3.8, 4) is 0 Å². The van der Waals surface area contributed by atoms with Crippen molar-refractivity contribution in [2.45, 2.75) is 45.7 Å². The Morgan fingerprint density at radius 3 is 2.56 bits per heavy atom. The van der Waals surface area contributed by atoms with Crippen LogP contribution < -0.4 is 0 Å². The Morgan fingerprint density at radius 2 is 2.11 bits per heavy atom. The Morgan fingerprint density at radius 1 is 1.50 bits per heavy atom.